The Hall–Kier alpha value is -1.26. The van der Waals surface area contributed by atoms with Crippen LogP contribution < -0.4 is 15.2 Å². The van der Waals surface area contributed by atoms with Gasteiger partial charge in [0.25, 0.3) is 0 Å². The predicted octanol–water partition coefficient (Wildman–Crippen LogP) is 1.91. The van der Waals surface area contributed by atoms with Gasteiger partial charge in [0, 0.05) is 24.8 Å². The molecule has 17 heavy (non-hydrogen) atoms. The standard InChI is InChI=1S/C13H21NO3/c1-13(14,7-8-15-2)11-9-10(16-3)5-6-12(11)17-4/h5-6,9H,7-8,14H2,1-4H3. The van der Waals surface area contributed by atoms with Gasteiger partial charge in [-0.2, -0.15) is 0 Å². The minimum absolute atomic E-state index is 0.504. The number of benzene rings is 1. The van der Waals surface area contributed by atoms with Crippen LogP contribution in [0.3, 0.4) is 0 Å². The minimum Gasteiger partial charge on any atom is -0.497 e. The van der Waals surface area contributed by atoms with E-state index in [1.807, 2.05) is 25.1 Å². The molecule has 0 aromatic heterocycles. The van der Waals surface area contributed by atoms with Crippen molar-refractivity contribution in [3.8, 4) is 11.5 Å². The molecule has 0 aliphatic rings. The van der Waals surface area contributed by atoms with Gasteiger partial charge in [0.05, 0.1) is 14.2 Å². The van der Waals surface area contributed by atoms with Gasteiger partial charge in [-0.3, -0.25) is 0 Å². The van der Waals surface area contributed by atoms with Crippen molar-refractivity contribution >= 4 is 0 Å². The zero-order valence-electron chi connectivity index (χ0n) is 10.9. The fourth-order valence-corrected chi connectivity index (χ4v) is 1.71. The minimum atomic E-state index is -0.504. The Bertz CT molecular complexity index is 364. The molecule has 1 aromatic rings. The van der Waals surface area contributed by atoms with Crippen LogP contribution in [0.25, 0.3) is 0 Å². The van der Waals surface area contributed by atoms with Crippen molar-refractivity contribution in [1.29, 1.82) is 0 Å². The van der Waals surface area contributed by atoms with Gasteiger partial charge >= 0.3 is 0 Å². The number of hydrogen-bond acceptors (Lipinski definition) is 4. The van der Waals surface area contributed by atoms with Gasteiger partial charge < -0.3 is 19.9 Å². The summed E-state index contributed by atoms with van der Waals surface area (Å²) in [5.74, 6) is 1.54. The van der Waals surface area contributed by atoms with E-state index in [9.17, 15) is 0 Å². The van der Waals surface area contributed by atoms with Gasteiger partial charge in [-0.15, -0.1) is 0 Å². The summed E-state index contributed by atoms with van der Waals surface area (Å²) in [4.78, 5) is 0. The first-order chi connectivity index (χ1) is 8.05. The van der Waals surface area contributed by atoms with Gasteiger partial charge in [0.1, 0.15) is 11.5 Å². The molecule has 0 saturated carbocycles. The largest absolute Gasteiger partial charge is 0.497 e. The number of rotatable bonds is 6. The molecule has 1 rings (SSSR count). The Morgan fingerprint density at radius 3 is 2.41 bits per heavy atom. The molecule has 1 unspecified atom stereocenters. The maximum Gasteiger partial charge on any atom is 0.124 e. The quantitative estimate of drug-likeness (QED) is 0.824. The van der Waals surface area contributed by atoms with Gasteiger partial charge in [-0.1, -0.05) is 0 Å². The number of hydrogen-bond donors (Lipinski definition) is 1. The number of ether oxygens (including phenoxy) is 3. The monoisotopic (exact) mass is 239 g/mol. The molecule has 4 nitrogen and oxygen atoms in total. The topological polar surface area (TPSA) is 53.7 Å². The van der Waals surface area contributed by atoms with Crippen LogP contribution in [0.1, 0.15) is 18.9 Å². The number of nitrogens with two attached hydrogens (primary N) is 1. The van der Waals surface area contributed by atoms with Crippen LogP contribution >= 0.6 is 0 Å². The van der Waals surface area contributed by atoms with E-state index in [2.05, 4.69) is 0 Å². The van der Waals surface area contributed by atoms with Crippen LogP contribution in [0.15, 0.2) is 18.2 Å². The molecule has 2 N–H and O–H groups in total. The summed E-state index contributed by atoms with van der Waals surface area (Å²) in [5.41, 5.74) is 6.73. The van der Waals surface area contributed by atoms with E-state index in [0.717, 1.165) is 17.1 Å². The fraction of sp³-hybridized carbons (Fsp3) is 0.538. The maximum atomic E-state index is 6.31. The normalized spacial score (nSPS) is 14.2. The molecule has 0 bridgehead atoms. The lowest BCUT2D eigenvalue weighted by molar-refractivity contribution is 0.171. The lowest BCUT2D eigenvalue weighted by atomic mass is 9.89. The predicted molar refractivity (Wildman–Crippen MR) is 67.6 cm³/mol. The average molecular weight is 239 g/mol. The Labute approximate surface area is 103 Å². The molecule has 96 valence electrons. The van der Waals surface area contributed by atoms with Gasteiger partial charge in [0.15, 0.2) is 0 Å². The molecule has 0 amide bonds. The Balaban J connectivity index is 3.07. The second kappa shape index (κ2) is 5.89. The van der Waals surface area contributed by atoms with E-state index in [-0.39, 0.29) is 0 Å². The molecule has 0 radical (unpaired) electrons. The highest BCUT2D eigenvalue weighted by atomic mass is 16.5. The third-order valence-corrected chi connectivity index (χ3v) is 2.85. The van der Waals surface area contributed by atoms with E-state index in [0.29, 0.717) is 13.0 Å². The zero-order chi connectivity index (χ0) is 12.9. The van der Waals surface area contributed by atoms with Gasteiger partial charge in [-0.05, 0) is 31.5 Å². The van der Waals surface area contributed by atoms with Crippen LogP contribution in [0.5, 0.6) is 11.5 Å². The molecule has 0 heterocycles. The van der Waals surface area contributed by atoms with Crippen molar-refractivity contribution in [2.24, 2.45) is 5.73 Å². The van der Waals surface area contributed by atoms with Crippen molar-refractivity contribution in [3.63, 3.8) is 0 Å². The van der Waals surface area contributed by atoms with E-state index < -0.39 is 5.54 Å². The Morgan fingerprint density at radius 2 is 1.88 bits per heavy atom. The molecular weight excluding hydrogens is 218 g/mol. The summed E-state index contributed by atoms with van der Waals surface area (Å²) in [7, 11) is 4.94. The molecule has 0 aliphatic heterocycles. The van der Waals surface area contributed by atoms with Gasteiger partial charge in [0.2, 0.25) is 0 Å². The van der Waals surface area contributed by atoms with Crippen molar-refractivity contribution in [1.82, 2.24) is 0 Å². The lowest BCUT2D eigenvalue weighted by Gasteiger charge is -2.27. The van der Waals surface area contributed by atoms with Crippen LogP contribution in [-0.2, 0) is 10.3 Å². The van der Waals surface area contributed by atoms with E-state index in [1.54, 1.807) is 21.3 Å². The van der Waals surface area contributed by atoms with Crippen molar-refractivity contribution in [2.75, 3.05) is 27.9 Å². The molecule has 0 fully saturated rings. The Kier molecular flexibility index (Phi) is 4.78. The molecule has 1 atom stereocenters. The summed E-state index contributed by atoms with van der Waals surface area (Å²) >= 11 is 0. The van der Waals surface area contributed by atoms with Crippen molar-refractivity contribution in [2.45, 2.75) is 18.9 Å². The maximum absolute atomic E-state index is 6.31. The summed E-state index contributed by atoms with van der Waals surface area (Å²) in [6.45, 7) is 2.57. The lowest BCUT2D eigenvalue weighted by Crippen LogP contribution is -2.34. The third kappa shape index (κ3) is 3.35. The van der Waals surface area contributed by atoms with Crippen LogP contribution in [0, 0.1) is 0 Å². The molecular formula is C13H21NO3. The molecule has 0 saturated heterocycles. The summed E-state index contributed by atoms with van der Waals surface area (Å²) in [6.07, 6.45) is 0.715. The first-order valence-electron chi connectivity index (χ1n) is 5.55. The average Bonchev–Trinajstić information content (AvgIpc) is 2.35. The fourth-order valence-electron chi connectivity index (χ4n) is 1.71. The highest BCUT2D eigenvalue weighted by Crippen LogP contribution is 2.33. The third-order valence-electron chi connectivity index (χ3n) is 2.85. The van der Waals surface area contributed by atoms with Crippen LogP contribution in [0.4, 0.5) is 0 Å². The first-order valence-corrected chi connectivity index (χ1v) is 5.55. The smallest absolute Gasteiger partial charge is 0.124 e. The van der Waals surface area contributed by atoms with Crippen LogP contribution in [-0.4, -0.2) is 27.9 Å². The molecule has 0 aliphatic carbocycles. The molecule has 4 heteroatoms. The molecule has 1 aromatic carbocycles. The van der Waals surface area contributed by atoms with Crippen molar-refractivity contribution < 1.29 is 14.2 Å². The van der Waals surface area contributed by atoms with Crippen molar-refractivity contribution in [3.05, 3.63) is 23.8 Å². The summed E-state index contributed by atoms with van der Waals surface area (Å²) < 4.78 is 15.6. The van der Waals surface area contributed by atoms with Gasteiger partial charge in [-0.25, -0.2) is 0 Å². The van der Waals surface area contributed by atoms with E-state index >= 15 is 0 Å². The van der Waals surface area contributed by atoms with E-state index in [4.69, 9.17) is 19.9 Å². The summed E-state index contributed by atoms with van der Waals surface area (Å²) in [6, 6.07) is 5.63. The highest BCUT2D eigenvalue weighted by molar-refractivity contribution is 5.44. The zero-order valence-corrected chi connectivity index (χ0v) is 10.9. The first kappa shape index (κ1) is 13.8. The molecule has 0 spiro atoms. The van der Waals surface area contributed by atoms with E-state index in [1.165, 1.54) is 0 Å². The second-order valence-electron chi connectivity index (χ2n) is 4.23. The Morgan fingerprint density at radius 1 is 1.18 bits per heavy atom. The van der Waals surface area contributed by atoms with Crippen LogP contribution in [0.2, 0.25) is 0 Å². The number of methoxy groups -OCH3 is 3. The SMILES string of the molecule is COCCC(C)(N)c1cc(OC)ccc1OC. The summed E-state index contributed by atoms with van der Waals surface area (Å²) in [5, 5.41) is 0. The highest BCUT2D eigenvalue weighted by Gasteiger charge is 2.25. The second-order valence-corrected chi connectivity index (χ2v) is 4.23.